The first-order chi connectivity index (χ1) is 13.0. The fourth-order valence-corrected chi connectivity index (χ4v) is 3.27. The van der Waals surface area contributed by atoms with E-state index in [2.05, 4.69) is 5.32 Å². The van der Waals surface area contributed by atoms with Gasteiger partial charge in [-0.1, -0.05) is 0 Å². The molecule has 2 aliphatic heterocycles. The third kappa shape index (κ3) is 4.37. The van der Waals surface area contributed by atoms with Crippen molar-refractivity contribution in [3.05, 3.63) is 30.7 Å². The normalized spacial score (nSPS) is 21.2. The molecule has 145 valence electrons. The Morgan fingerprint density at radius 2 is 2.07 bits per heavy atom. The number of rotatable bonds is 5. The van der Waals surface area contributed by atoms with Gasteiger partial charge in [0.15, 0.2) is 0 Å². The first kappa shape index (κ1) is 19.1. The van der Waals surface area contributed by atoms with Gasteiger partial charge < -0.3 is 30.3 Å². The number of nitrogens with one attached hydrogen (secondary N) is 1. The van der Waals surface area contributed by atoms with E-state index in [9.17, 15) is 14.4 Å². The maximum Gasteiger partial charge on any atom is 0.314 e. The monoisotopic (exact) mass is 375 g/mol. The predicted octanol–water partition coefficient (Wildman–Crippen LogP) is 0.218. The van der Waals surface area contributed by atoms with E-state index < -0.39 is 12.1 Å². The molecule has 0 spiro atoms. The fraction of sp³-hybridized carbons (Fsp3) is 0.444. The van der Waals surface area contributed by atoms with Crippen molar-refractivity contribution >= 4 is 29.2 Å². The van der Waals surface area contributed by atoms with Crippen LogP contribution in [0.4, 0.5) is 16.2 Å². The minimum Gasteiger partial charge on any atom is -0.371 e. The molecule has 1 aromatic carbocycles. The van der Waals surface area contributed by atoms with Gasteiger partial charge in [-0.05, 0) is 30.7 Å². The van der Waals surface area contributed by atoms with Gasteiger partial charge in [-0.25, -0.2) is 4.79 Å². The summed E-state index contributed by atoms with van der Waals surface area (Å²) in [4.78, 5) is 38.8. The van der Waals surface area contributed by atoms with Crippen molar-refractivity contribution in [2.75, 3.05) is 50.2 Å². The summed E-state index contributed by atoms with van der Waals surface area (Å²) < 4.78 is 10.5. The highest BCUT2D eigenvalue weighted by molar-refractivity contribution is 5.96. The van der Waals surface area contributed by atoms with Crippen molar-refractivity contribution in [1.82, 2.24) is 4.90 Å². The molecule has 0 aromatic heterocycles. The lowest BCUT2D eigenvalue weighted by atomic mass is 10.0. The number of urea groups is 1. The molecule has 1 aromatic rings. The molecule has 2 atom stereocenters. The molecule has 9 nitrogen and oxygen atoms in total. The molecular formula is C18H23N4O5. The Kier molecular flexibility index (Phi) is 5.92. The number of hydrogen-bond donors (Lipinski definition) is 2. The molecule has 0 aliphatic carbocycles. The van der Waals surface area contributed by atoms with E-state index >= 15 is 0 Å². The lowest BCUT2D eigenvalue weighted by molar-refractivity contribution is -0.128. The number of methoxy groups -OCH3 is 1. The average molecular weight is 375 g/mol. The molecule has 9 heteroatoms. The van der Waals surface area contributed by atoms with Gasteiger partial charge in [-0.3, -0.25) is 9.59 Å². The van der Waals surface area contributed by atoms with E-state index in [0.717, 1.165) is 5.69 Å². The summed E-state index contributed by atoms with van der Waals surface area (Å²) in [6.07, 6.45) is 1.13. The molecule has 2 fully saturated rings. The molecule has 2 heterocycles. The summed E-state index contributed by atoms with van der Waals surface area (Å²) in [5, 5.41) is 2.81. The second kappa shape index (κ2) is 8.36. The molecule has 3 N–H and O–H groups in total. The molecule has 1 unspecified atom stereocenters. The van der Waals surface area contributed by atoms with Crippen LogP contribution in [0.1, 0.15) is 0 Å². The van der Waals surface area contributed by atoms with Crippen LogP contribution in [0.3, 0.4) is 0 Å². The standard InChI is InChI=1S/C18H23N4O5/c1-26-16(12-6-7-21(10-12)18(19)25)17(24)20-13-2-4-14(5-3-13)22-8-9-27-11-15(22)23/h2-6,12,16H,7-11H2,1H3,(H2,19,25)(H,20,24)/t12-,16?/m0/s1. The number of carbonyl (C=O) groups excluding carboxylic acids is 3. The van der Waals surface area contributed by atoms with Crippen molar-refractivity contribution in [2.45, 2.75) is 6.10 Å². The SMILES string of the molecule is COC(C(=O)Nc1ccc(N2CCOCC2=O)cc1)[C@H]1[CH]CN(C(N)=O)C1. The van der Waals surface area contributed by atoms with Crippen molar-refractivity contribution < 1.29 is 23.9 Å². The van der Waals surface area contributed by atoms with Gasteiger partial charge in [0.2, 0.25) is 0 Å². The van der Waals surface area contributed by atoms with E-state index in [0.29, 0.717) is 31.9 Å². The second-order valence-corrected chi connectivity index (χ2v) is 6.43. The van der Waals surface area contributed by atoms with Crippen molar-refractivity contribution in [2.24, 2.45) is 11.7 Å². The Labute approximate surface area is 157 Å². The number of amides is 4. The average Bonchev–Trinajstić information content (AvgIpc) is 3.14. The number of nitrogens with zero attached hydrogens (tertiary/aromatic N) is 2. The summed E-state index contributed by atoms with van der Waals surface area (Å²) in [6, 6.07) is 6.50. The number of primary amides is 1. The van der Waals surface area contributed by atoms with Gasteiger partial charge in [-0.2, -0.15) is 0 Å². The molecule has 2 saturated heterocycles. The predicted molar refractivity (Wildman–Crippen MR) is 98.0 cm³/mol. The second-order valence-electron chi connectivity index (χ2n) is 6.43. The molecule has 2 aliphatic rings. The number of hydrogen-bond acceptors (Lipinski definition) is 5. The minimum atomic E-state index is -0.727. The number of anilines is 2. The van der Waals surface area contributed by atoms with E-state index in [1.165, 1.54) is 12.0 Å². The maximum atomic E-state index is 12.6. The maximum absolute atomic E-state index is 12.6. The van der Waals surface area contributed by atoms with Crippen molar-refractivity contribution in [3.8, 4) is 0 Å². The van der Waals surface area contributed by atoms with E-state index in [-0.39, 0.29) is 24.3 Å². The molecule has 4 amide bonds. The zero-order valence-corrected chi connectivity index (χ0v) is 15.1. The van der Waals surface area contributed by atoms with Gasteiger partial charge in [0, 0.05) is 44.0 Å². The summed E-state index contributed by atoms with van der Waals surface area (Å²) in [5.41, 5.74) is 6.63. The van der Waals surface area contributed by atoms with Crippen LogP contribution >= 0.6 is 0 Å². The number of nitrogens with two attached hydrogens (primary N) is 1. The smallest absolute Gasteiger partial charge is 0.314 e. The molecule has 1 radical (unpaired) electrons. The van der Waals surface area contributed by atoms with E-state index in [4.69, 9.17) is 15.2 Å². The lowest BCUT2D eigenvalue weighted by Crippen LogP contribution is -2.41. The molecule has 27 heavy (non-hydrogen) atoms. The number of morpholine rings is 1. The van der Waals surface area contributed by atoms with Gasteiger partial charge in [0.1, 0.15) is 12.7 Å². The Morgan fingerprint density at radius 1 is 1.33 bits per heavy atom. The number of ether oxygens (including phenoxy) is 2. The van der Waals surface area contributed by atoms with Gasteiger partial charge in [-0.15, -0.1) is 0 Å². The van der Waals surface area contributed by atoms with Crippen molar-refractivity contribution in [1.29, 1.82) is 0 Å². The number of carbonyl (C=O) groups is 3. The van der Waals surface area contributed by atoms with E-state index in [1.54, 1.807) is 29.2 Å². The zero-order valence-electron chi connectivity index (χ0n) is 15.1. The molecular weight excluding hydrogens is 352 g/mol. The first-order valence-corrected chi connectivity index (χ1v) is 8.69. The first-order valence-electron chi connectivity index (χ1n) is 8.69. The summed E-state index contributed by atoms with van der Waals surface area (Å²) in [5.74, 6) is -0.624. The van der Waals surface area contributed by atoms with Crippen LogP contribution < -0.4 is 16.0 Å². The molecule has 0 saturated carbocycles. The number of likely N-dealkylation sites (tertiary alicyclic amines) is 1. The quantitative estimate of drug-likeness (QED) is 0.764. The highest BCUT2D eigenvalue weighted by Gasteiger charge is 2.35. The highest BCUT2D eigenvalue weighted by atomic mass is 16.5. The summed E-state index contributed by atoms with van der Waals surface area (Å²) in [6.45, 7) is 1.83. The third-order valence-corrected chi connectivity index (χ3v) is 4.70. The van der Waals surface area contributed by atoms with Crippen LogP contribution in [0.2, 0.25) is 0 Å². The Balaban J connectivity index is 1.61. The topological polar surface area (TPSA) is 114 Å². The number of benzene rings is 1. The summed E-state index contributed by atoms with van der Waals surface area (Å²) in [7, 11) is 1.46. The van der Waals surface area contributed by atoms with Crippen LogP contribution in [0, 0.1) is 12.3 Å². The van der Waals surface area contributed by atoms with Crippen LogP contribution in [-0.2, 0) is 19.1 Å². The van der Waals surface area contributed by atoms with Crippen LogP contribution in [0.25, 0.3) is 0 Å². The Bertz CT molecular complexity index is 708. The van der Waals surface area contributed by atoms with E-state index in [1.807, 2.05) is 6.42 Å². The Hall–Kier alpha value is -2.65. The third-order valence-electron chi connectivity index (χ3n) is 4.70. The molecule has 0 bridgehead atoms. The zero-order chi connectivity index (χ0) is 19.4. The Morgan fingerprint density at radius 3 is 2.67 bits per heavy atom. The highest BCUT2D eigenvalue weighted by Crippen LogP contribution is 2.23. The van der Waals surface area contributed by atoms with Gasteiger partial charge >= 0.3 is 6.03 Å². The lowest BCUT2D eigenvalue weighted by Gasteiger charge is -2.27. The van der Waals surface area contributed by atoms with Crippen LogP contribution in [-0.4, -0.2) is 68.8 Å². The minimum absolute atomic E-state index is 0.0776. The van der Waals surface area contributed by atoms with Crippen molar-refractivity contribution in [3.63, 3.8) is 0 Å². The van der Waals surface area contributed by atoms with Gasteiger partial charge in [0.25, 0.3) is 11.8 Å². The van der Waals surface area contributed by atoms with Gasteiger partial charge in [0.05, 0.1) is 6.61 Å². The fourth-order valence-electron chi connectivity index (χ4n) is 3.27. The largest absolute Gasteiger partial charge is 0.371 e. The molecule has 3 rings (SSSR count). The summed E-state index contributed by atoms with van der Waals surface area (Å²) >= 11 is 0. The van der Waals surface area contributed by atoms with Crippen LogP contribution in [0.15, 0.2) is 24.3 Å². The van der Waals surface area contributed by atoms with Crippen LogP contribution in [0.5, 0.6) is 0 Å².